The van der Waals surface area contributed by atoms with Gasteiger partial charge in [-0.3, -0.25) is 0 Å². The molecule has 0 amide bonds. The van der Waals surface area contributed by atoms with Crippen molar-refractivity contribution in [2.75, 3.05) is 24.6 Å². The van der Waals surface area contributed by atoms with Gasteiger partial charge in [0.15, 0.2) is 0 Å². The molecule has 0 saturated carbocycles. The third-order valence-electron chi connectivity index (χ3n) is 3.50. The van der Waals surface area contributed by atoms with E-state index in [0.717, 1.165) is 24.5 Å². The van der Waals surface area contributed by atoms with Gasteiger partial charge in [-0.1, -0.05) is 44.5 Å². The number of hydrogen-bond acceptors (Lipinski definition) is 2. The fraction of sp³-hybridized carbons (Fsp3) is 0.667. The maximum Gasteiger partial charge on any atom is 0.0408 e. The first-order chi connectivity index (χ1) is 10.1. The van der Waals surface area contributed by atoms with Gasteiger partial charge in [0.1, 0.15) is 0 Å². The Morgan fingerprint density at radius 1 is 1.24 bits per heavy atom. The Kier molecular flexibility index (Phi) is 10.2. The summed E-state index contributed by atoms with van der Waals surface area (Å²) in [6.45, 7) is 8.98. The van der Waals surface area contributed by atoms with Gasteiger partial charge in [0.2, 0.25) is 0 Å². The van der Waals surface area contributed by atoms with Crippen LogP contribution in [0.5, 0.6) is 0 Å². The first kappa shape index (κ1) is 18.9. The Bertz CT molecular complexity index is 381. The zero-order valence-electron chi connectivity index (χ0n) is 13.7. The fourth-order valence-corrected chi connectivity index (χ4v) is 3.34. The molecular formula is C18H30ClNS. The topological polar surface area (TPSA) is 12.0 Å². The largest absolute Gasteiger partial charge is 0.316 e. The lowest BCUT2D eigenvalue weighted by atomic mass is 9.95. The molecule has 1 atom stereocenters. The summed E-state index contributed by atoms with van der Waals surface area (Å²) >= 11 is 8.15. The van der Waals surface area contributed by atoms with E-state index in [2.05, 4.69) is 44.3 Å². The summed E-state index contributed by atoms with van der Waals surface area (Å²) in [5, 5.41) is 4.47. The molecule has 0 spiro atoms. The minimum absolute atomic E-state index is 0.708. The molecule has 0 aromatic heterocycles. The van der Waals surface area contributed by atoms with Crippen LogP contribution in [0.4, 0.5) is 0 Å². The number of halogens is 1. The van der Waals surface area contributed by atoms with Crippen LogP contribution in [0, 0.1) is 11.8 Å². The third kappa shape index (κ3) is 9.44. The summed E-state index contributed by atoms with van der Waals surface area (Å²) in [4.78, 5) is 0. The van der Waals surface area contributed by atoms with E-state index in [1.54, 1.807) is 0 Å². The normalized spacial score (nSPS) is 12.8. The van der Waals surface area contributed by atoms with Crippen molar-refractivity contribution in [2.24, 2.45) is 11.8 Å². The maximum absolute atomic E-state index is 6.10. The van der Waals surface area contributed by atoms with E-state index in [4.69, 9.17) is 11.6 Å². The van der Waals surface area contributed by atoms with Crippen molar-refractivity contribution in [3.63, 3.8) is 0 Å². The minimum Gasteiger partial charge on any atom is -0.316 e. The lowest BCUT2D eigenvalue weighted by molar-refractivity contribution is 0.422. The molecule has 1 nitrogen and oxygen atoms in total. The van der Waals surface area contributed by atoms with E-state index in [1.807, 2.05) is 17.8 Å². The molecule has 0 bridgehead atoms. The van der Waals surface area contributed by atoms with E-state index in [9.17, 15) is 0 Å². The molecule has 1 aromatic rings. The standard InChI is InChI=1S/C18H30ClNS/c1-4-21-10-6-8-17(14-20-13-15(2)3)11-16-7-5-9-18(19)12-16/h5,7,9,12,15,17,20H,4,6,8,10-11,13-14H2,1-3H3. The summed E-state index contributed by atoms with van der Waals surface area (Å²) in [5.41, 5.74) is 1.36. The first-order valence-corrected chi connectivity index (χ1v) is 9.68. The van der Waals surface area contributed by atoms with Crippen molar-refractivity contribution in [2.45, 2.75) is 40.0 Å². The molecule has 120 valence electrons. The molecule has 0 aliphatic carbocycles. The summed E-state index contributed by atoms with van der Waals surface area (Å²) in [6, 6.07) is 8.32. The van der Waals surface area contributed by atoms with Crippen LogP contribution in [0.1, 0.15) is 39.2 Å². The molecule has 1 aromatic carbocycles. The molecular weight excluding hydrogens is 298 g/mol. The lowest BCUT2D eigenvalue weighted by Gasteiger charge is -2.19. The predicted molar refractivity (Wildman–Crippen MR) is 98.6 cm³/mol. The lowest BCUT2D eigenvalue weighted by Crippen LogP contribution is -2.27. The van der Waals surface area contributed by atoms with Crippen LogP contribution >= 0.6 is 23.4 Å². The fourth-order valence-electron chi connectivity index (χ4n) is 2.47. The Hall–Kier alpha value is -0.180. The zero-order chi connectivity index (χ0) is 15.5. The number of benzene rings is 1. The van der Waals surface area contributed by atoms with Crippen LogP contribution in [0.2, 0.25) is 5.02 Å². The van der Waals surface area contributed by atoms with Gasteiger partial charge in [0.05, 0.1) is 0 Å². The Balaban J connectivity index is 2.45. The van der Waals surface area contributed by atoms with Gasteiger partial charge < -0.3 is 5.32 Å². The second kappa shape index (κ2) is 11.4. The maximum atomic E-state index is 6.10. The van der Waals surface area contributed by atoms with Gasteiger partial charge in [-0.25, -0.2) is 0 Å². The SMILES string of the molecule is CCSCCCC(CNCC(C)C)Cc1cccc(Cl)c1. The highest BCUT2D eigenvalue weighted by Gasteiger charge is 2.10. The number of thioether (sulfide) groups is 1. The van der Waals surface area contributed by atoms with Crippen molar-refractivity contribution in [3.8, 4) is 0 Å². The van der Waals surface area contributed by atoms with Crippen molar-refractivity contribution < 1.29 is 0 Å². The van der Waals surface area contributed by atoms with Gasteiger partial charge in [-0.15, -0.1) is 0 Å². The zero-order valence-corrected chi connectivity index (χ0v) is 15.3. The van der Waals surface area contributed by atoms with Crippen LogP contribution in [0.15, 0.2) is 24.3 Å². The molecule has 21 heavy (non-hydrogen) atoms. The molecule has 0 aliphatic rings. The molecule has 0 heterocycles. The predicted octanol–water partition coefficient (Wildman–Crippen LogP) is 5.28. The van der Waals surface area contributed by atoms with E-state index in [-0.39, 0.29) is 0 Å². The summed E-state index contributed by atoms with van der Waals surface area (Å²) < 4.78 is 0. The molecule has 0 fully saturated rings. The smallest absolute Gasteiger partial charge is 0.0408 e. The van der Waals surface area contributed by atoms with Crippen molar-refractivity contribution in [1.82, 2.24) is 5.32 Å². The summed E-state index contributed by atoms with van der Waals surface area (Å²) in [5.74, 6) is 3.93. The van der Waals surface area contributed by atoms with Crippen LogP contribution < -0.4 is 5.32 Å². The first-order valence-electron chi connectivity index (χ1n) is 8.14. The molecule has 1 N–H and O–H groups in total. The summed E-state index contributed by atoms with van der Waals surface area (Å²) in [7, 11) is 0. The van der Waals surface area contributed by atoms with Gasteiger partial charge in [0.25, 0.3) is 0 Å². The van der Waals surface area contributed by atoms with Crippen molar-refractivity contribution in [1.29, 1.82) is 0 Å². The number of rotatable bonds is 11. The van der Waals surface area contributed by atoms with E-state index in [0.29, 0.717) is 11.8 Å². The molecule has 1 rings (SSSR count). The third-order valence-corrected chi connectivity index (χ3v) is 4.72. The molecule has 0 saturated heterocycles. The number of nitrogens with one attached hydrogen (secondary N) is 1. The average Bonchev–Trinajstić information content (AvgIpc) is 2.43. The Morgan fingerprint density at radius 2 is 2.05 bits per heavy atom. The van der Waals surface area contributed by atoms with Gasteiger partial charge >= 0.3 is 0 Å². The van der Waals surface area contributed by atoms with Gasteiger partial charge in [-0.05, 0) is 73.4 Å². The second-order valence-electron chi connectivity index (χ2n) is 6.09. The highest BCUT2D eigenvalue weighted by atomic mass is 35.5. The second-order valence-corrected chi connectivity index (χ2v) is 7.92. The van der Waals surface area contributed by atoms with Crippen LogP contribution in [-0.4, -0.2) is 24.6 Å². The molecule has 3 heteroatoms. The highest BCUT2D eigenvalue weighted by Crippen LogP contribution is 2.18. The molecule has 1 unspecified atom stereocenters. The Labute approximate surface area is 140 Å². The molecule has 0 aliphatic heterocycles. The minimum atomic E-state index is 0.708. The van der Waals surface area contributed by atoms with Crippen molar-refractivity contribution >= 4 is 23.4 Å². The van der Waals surface area contributed by atoms with Crippen LogP contribution in [0.3, 0.4) is 0 Å². The molecule has 0 radical (unpaired) electrons. The monoisotopic (exact) mass is 327 g/mol. The van der Waals surface area contributed by atoms with Crippen molar-refractivity contribution in [3.05, 3.63) is 34.9 Å². The van der Waals surface area contributed by atoms with E-state index in [1.165, 1.54) is 29.9 Å². The van der Waals surface area contributed by atoms with Gasteiger partial charge in [0, 0.05) is 5.02 Å². The average molecular weight is 328 g/mol. The van der Waals surface area contributed by atoms with Crippen LogP contribution in [0.25, 0.3) is 0 Å². The Morgan fingerprint density at radius 3 is 2.71 bits per heavy atom. The van der Waals surface area contributed by atoms with Crippen LogP contribution in [-0.2, 0) is 6.42 Å². The quantitative estimate of drug-likeness (QED) is 0.555. The summed E-state index contributed by atoms with van der Waals surface area (Å²) in [6.07, 6.45) is 3.74. The number of hydrogen-bond donors (Lipinski definition) is 1. The van der Waals surface area contributed by atoms with E-state index < -0.39 is 0 Å². The highest BCUT2D eigenvalue weighted by molar-refractivity contribution is 7.99. The van der Waals surface area contributed by atoms with Gasteiger partial charge in [-0.2, -0.15) is 11.8 Å². The van der Waals surface area contributed by atoms with E-state index >= 15 is 0 Å².